The van der Waals surface area contributed by atoms with Crippen LogP contribution in [0, 0.1) is 0 Å². The van der Waals surface area contributed by atoms with Crippen LogP contribution in [-0.4, -0.2) is 27.2 Å². The van der Waals surface area contributed by atoms with Gasteiger partial charge in [0.1, 0.15) is 5.75 Å². The van der Waals surface area contributed by atoms with Gasteiger partial charge in [0.15, 0.2) is 5.75 Å². The lowest BCUT2D eigenvalue weighted by molar-refractivity contribution is -0.131. The molecular formula is C17H25O4Si. The van der Waals surface area contributed by atoms with Gasteiger partial charge in [0, 0.05) is 6.08 Å². The zero-order valence-corrected chi connectivity index (χ0v) is 15.1. The molecule has 0 aromatic heterocycles. The topological polar surface area (TPSA) is 55.8 Å². The van der Waals surface area contributed by atoms with E-state index >= 15 is 0 Å². The minimum Gasteiger partial charge on any atom is -0.539 e. The molecule has 0 saturated heterocycles. The zero-order valence-electron chi connectivity index (χ0n) is 14.1. The lowest BCUT2D eigenvalue weighted by atomic mass is 10.2. The predicted molar refractivity (Wildman–Crippen MR) is 90.9 cm³/mol. The molecule has 0 saturated carbocycles. The Kier molecular flexibility index (Phi) is 6.23. The Labute approximate surface area is 134 Å². The highest BCUT2D eigenvalue weighted by Crippen LogP contribution is 2.38. The molecule has 121 valence electrons. The number of aliphatic carboxylic acids is 1. The van der Waals surface area contributed by atoms with Gasteiger partial charge in [0.25, 0.3) is 9.04 Å². The number of carboxylic acid groups (broad SMARTS) is 1. The molecule has 1 N–H and O–H groups in total. The Bertz CT molecular complexity index is 544. The average Bonchev–Trinajstić information content (AvgIpc) is 2.41. The van der Waals surface area contributed by atoms with Crippen LogP contribution in [-0.2, 0) is 4.79 Å². The molecule has 0 aliphatic carbocycles. The molecule has 0 aliphatic heterocycles. The lowest BCUT2D eigenvalue weighted by Gasteiger charge is -2.31. The van der Waals surface area contributed by atoms with Crippen LogP contribution in [0.2, 0.25) is 10.6 Å². The number of carbonyl (C=O) groups is 1. The summed E-state index contributed by atoms with van der Waals surface area (Å²) in [6.07, 6.45) is 2.64. The standard InChI is InChI=1S/C17H25O4Si/c1-12(2)22(17(3,4)5)21-14-9-7-13(8-10-16(18)19)11-15(14)20-6/h7-12H,1-6H3,(H,18,19)/b10-8+. The molecular weight excluding hydrogens is 296 g/mol. The Hall–Kier alpha value is -1.75. The number of hydrogen-bond donors (Lipinski definition) is 1. The second-order valence-electron chi connectivity index (χ2n) is 6.45. The largest absolute Gasteiger partial charge is 0.539 e. The monoisotopic (exact) mass is 321 g/mol. The van der Waals surface area contributed by atoms with Crippen molar-refractivity contribution in [2.24, 2.45) is 0 Å². The summed E-state index contributed by atoms with van der Waals surface area (Å²) in [4.78, 5) is 10.6. The van der Waals surface area contributed by atoms with E-state index in [0.29, 0.717) is 17.0 Å². The summed E-state index contributed by atoms with van der Waals surface area (Å²) in [5.41, 5.74) is 1.22. The van der Waals surface area contributed by atoms with Gasteiger partial charge in [-0.05, 0) is 34.4 Å². The summed E-state index contributed by atoms with van der Waals surface area (Å²) in [6.45, 7) is 10.9. The molecule has 5 heteroatoms. The quantitative estimate of drug-likeness (QED) is 0.624. The van der Waals surface area contributed by atoms with Crippen molar-refractivity contribution in [3.8, 4) is 11.5 Å². The van der Waals surface area contributed by atoms with E-state index in [9.17, 15) is 4.79 Å². The first-order valence-electron chi connectivity index (χ1n) is 7.29. The van der Waals surface area contributed by atoms with E-state index in [2.05, 4.69) is 34.6 Å². The van der Waals surface area contributed by atoms with Crippen LogP contribution < -0.4 is 9.16 Å². The molecule has 1 aromatic rings. The van der Waals surface area contributed by atoms with E-state index < -0.39 is 15.0 Å². The van der Waals surface area contributed by atoms with Crippen molar-refractivity contribution in [3.05, 3.63) is 29.8 Å². The van der Waals surface area contributed by atoms with Gasteiger partial charge in [0.05, 0.1) is 7.11 Å². The molecule has 0 unspecified atom stereocenters. The Morgan fingerprint density at radius 3 is 2.36 bits per heavy atom. The van der Waals surface area contributed by atoms with E-state index in [1.54, 1.807) is 13.2 Å². The third-order valence-corrected chi connectivity index (χ3v) is 6.06. The summed E-state index contributed by atoms with van der Waals surface area (Å²) >= 11 is 0. The molecule has 1 rings (SSSR count). The van der Waals surface area contributed by atoms with Crippen molar-refractivity contribution in [1.82, 2.24) is 0 Å². The fraction of sp³-hybridized carbons (Fsp3) is 0.471. The highest BCUT2D eigenvalue weighted by atomic mass is 28.3. The van der Waals surface area contributed by atoms with Crippen molar-refractivity contribution < 1.29 is 19.1 Å². The summed E-state index contributed by atoms with van der Waals surface area (Å²) < 4.78 is 11.7. The first-order chi connectivity index (χ1) is 10.1. The van der Waals surface area contributed by atoms with Crippen molar-refractivity contribution >= 4 is 21.1 Å². The molecule has 1 radical (unpaired) electrons. The second-order valence-corrected chi connectivity index (χ2v) is 10.0. The van der Waals surface area contributed by atoms with Crippen LogP contribution in [0.4, 0.5) is 0 Å². The smallest absolute Gasteiger partial charge is 0.328 e. The van der Waals surface area contributed by atoms with Crippen molar-refractivity contribution in [1.29, 1.82) is 0 Å². The molecule has 0 amide bonds. The molecule has 0 spiro atoms. The number of rotatable bonds is 6. The lowest BCUT2D eigenvalue weighted by Crippen LogP contribution is -2.35. The Morgan fingerprint density at radius 2 is 1.91 bits per heavy atom. The van der Waals surface area contributed by atoms with Gasteiger partial charge >= 0.3 is 5.97 Å². The van der Waals surface area contributed by atoms with Gasteiger partial charge in [-0.15, -0.1) is 0 Å². The number of methoxy groups -OCH3 is 1. The van der Waals surface area contributed by atoms with E-state index in [-0.39, 0.29) is 5.04 Å². The maximum absolute atomic E-state index is 10.6. The van der Waals surface area contributed by atoms with Crippen molar-refractivity contribution in [2.75, 3.05) is 7.11 Å². The van der Waals surface area contributed by atoms with Gasteiger partial charge in [0.2, 0.25) is 0 Å². The summed E-state index contributed by atoms with van der Waals surface area (Å²) in [5.74, 6) is 0.366. The van der Waals surface area contributed by atoms with E-state index in [1.807, 2.05) is 12.1 Å². The third kappa shape index (κ3) is 5.22. The molecule has 0 bridgehead atoms. The molecule has 4 nitrogen and oxygen atoms in total. The maximum atomic E-state index is 10.6. The van der Waals surface area contributed by atoms with Crippen LogP contribution in [0.5, 0.6) is 11.5 Å². The fourth-order valence-corrected chi connectivity index (χ4v) is 4.97. The first-order valence-corrected chi connectivity index (χ1v) is 8.78. The summed E-state index contributed by atoms with van der Waals surface area (Å²) in [5, 5.41) is 8.79. The Balaban J connectivity index is 3.07. The predicted octanol–water partition coefficient (Wildman–Crippen LogP) is 4.37. The first kappa shape index (κ1) is 18.3. The van der Waals surface area contributed by atoms with Crippen LogP contribution >= 0.6 is 0 Å². The highest BCUT2D eigenvalue weighted by molar-refractivity contribution is 6.57. The number of carboxylic acids is 1. The van der Waals surface area contributed by atoms with E-state index in [1.165, 1.54) is 6.08 Å². The normalized spacial score (nSPS) is 12.2. The molecule has 0 aliphatic rings. The fourth-order valence-electron chi connectivity index (χ4n) is 2.30. The average molecular weight is 321 g/mol. The summed E-state index contributed by atoms with van der Waals surface area (Å²) in [7, 11) is 0.498. The molecule has 0 heterocycles. The van der Waals surface area contributed by atoms with Crippen molar-refractivity contribution in [2.45, 2.75) is 45.2 Å². The third-order valence-electron chi connectivity index (χ3n) is 3.09. The van der Waals surface area contributed by atoms with Crippen LogP contribution in [0.25, 0.3) is 6.08 Å². The van der Waals surface area contributed by atoms with Crippen LogP contribution in [0.15, 0.2) is 24.3 Å². The molecule has 22 heavy (non-hydrogen) atoms. The van der Waals surface area contributed by atoms with E-state index in [0.717, 1.165) is 11.6 Å². The van der Waals surface area contributed by atoms with Gasteiger partial charge in [-0.2, -0.15) is 0 Å². The SMILES string of the molecule is COc1cc(/C=C/C(=O)O)ccc1O[Si](C(C)C)C(C)(C)C. The minimum atomic E-state index is -1.09. The summed E-state index contributed by atoms with van der Waals surface area (Å²) in [6, 6.07) is 5.47. The van der Waals surface area contributed by atoms with Gasteiger partial charge in [-0.3, -0.25) is 0 Å². The number of ether oxygens (including phenoxy) is 1. The van der Waals surface area contributed by atoms with Crippen molar-refractivity contribution in [3.63, 3.8) is 0 Å². The van der Waals surface area contributed by atoms with Crippen LogP contribution in [0.3, 0.4) is 0 Å². The van der Waals surface area contributed by atoms with Gasteiger partial charge in [-0.1, -0.05) is 40.7 Å². The number of benzene rings is 1. The zero-order chi connectivity index (χ0) is 16.9. The number of hydrogen-bond acceptors (Lipinski definition) is 3. The highest BCUT2D eigenvalue weighted by Gasteiger charge is 2.34. The van der Waals surface area contributed by atoms with Gasteiger partial charge < -0.3 is 14.3 Å². The minimum absolute atomic E-state index is 0.103. The van der Waals surface area contributed by atoms with E-state index in [4.69, 9.17) is 14.3 Å². The second kappa shape index (κ2) is 7.49. The molecule has 1 aromatic carbocycles. The molecule has 0 atom stereocenters. The van der Waals surface area contributed by atoms with Gasteiger partial charge in [-0.25, -0.2) is 4.79 Å². The van der Waals surface area contributed by atoms with Crippen LogP contribution in [0.1, 0.15) is 40.2 Å². The molecule has 0 fully saturated rings. The maximum Gasteiger partial charge on any atom is 0.328 e. The Morgan fingerprint density at radius 1 is 1.27 bits per heavy atom.